The molecule has 0 aromatic rings. The molecule has 0 aromatic heterocycles. The van der Waals surface area contributed by atoms with E-state index in [-0.39, 0.29) is 0 Å². The Kier molecular flexibility index (Phi) is 16.1. The van der Waals surface area contributed by atoms with Crippen molar-refractivity contribution in [3.63, 3.8) is 0 Å². The summed E-state index contributed by atoms with van der Waals surface area (Å²) in [5.74, 6) is 0.897. The molecule has 0 saturated carbocycles. The van der Waals surface area contributed by atoms with Crippen LogP contribution < -0.4 is 0 Å². The van der Waals surface area contributed by atoms with Crippen molar-refractivity contribution < 1.29 is 0 Å². The van der Waals surface area contributed by atoms with Crippen LogP contribution in [0.3, 0.4) is 0 Å². The lowest BCUT2D eigenvalue weighted by molar-refractivity contribution is 0.503. The van der Waals surface area contributed by atoms with Gasteiger partial charge in [-0.3, -0.25) is 0 Å². The molecule has 0 N–H and O–H groups in total. The summed E-state index contributed by atoms with van der Waals surface area (Å²) in [4.78, 5) is 0. The summed E-state index contributed by atoms with van der Waals surface area (Å²) in [6, 6.07) is 0. The zero-order valence-corrected chi connectivity index (χ0v) is 13.9. The van der Waals surface area contributed by atoms with E-state index in [4.69, 9.17) is 0 Å². The van der Waals surface area contributed by atoms with Crippen LogP contribution in [-0.2, 0) is 0 Å². The Morgan fingerprint density at radius 3 is 1.16 bits per heavy atom. The molecule has 0 spiro atoms. The molecule has 0 unspecified atom stereocenters. The van der Waals surface area contributed by atoms with Gasteiger partial charge in [0, 0.05) is 0 Å². The zero-order valence-electron chi connectivity index (χ0n) is 13.9. The lowest BCUT2D eigenvalue weighted by Crippen LogP contribution is -1.87. The minimum absolute atomic E-state index is 0.897. The monoisotopic (exact) mass is 267 g/mol. The minimum atomic E-state index is 0.897. The molecule has 0 heteroatoms. The third kappa shape index (κ3) is 18.0. The number of unbranched alkanes of at least 4 members (excludes halogenated alkanes) is 13. The molecule has 0 heterocycles. The van der Waals surface area contributed by atoms with Crippen LogP contribution >= 0.6 is 0 Å². The number of hydrogen-bond donors (Lipinski definition) is 0. The molecule has 0 fully saturated rings. The molecule has 0 amide bonds. The van der Waals surface area contributed by atoms with E-state index in [1.165, 1.54) is 89.9 Å². The largest absolute Gasteiger partial charge is 0.0628 e. The number of rotatable bonds is 15. The van der Waals surface area contributed by atoms with Gasteiger partial charge in [-0.15, -0.1) is 0 Å². The average molecular weight is 268 g/mol. The van der Waals surface area contributed by atoms with Gasteiger partial charge in [0.15, 0.2) is 0 Å². The zero-order chi connectivity index (χ0) is 14.2. The van der Waals surface area contributed by atoms with Crippen LogP contribution in [0.2, 0.25) is 0 Å². The molecular weight excluding hydrogens is 228 g/mol. The number of hydrogen-bond acceptors (Lipinski definition) is 0. The molecule has 19 heavy (non-hydrogen) atoms. The molecule has 0 aliphatic heterocycles. The molecule has 0 aromatic carbocycles. The van der Waals surface area contributed by atoms with Crippen molar-refractivity contribution in [2.24, 2.45) is 5.92 Å². The predicted octanol–water partition coefficient (Wildman–Crippen LogP) is 7.33. The van der Waals surface area contributed by atoms with Gasteiger partial charge >= 0.3 is 0 Å². The lowest BCUT2D eigenvalue weighted by atomic mass is 10.0. The van der Waals surface area contributed by atoms with E-state index in [2.05, 4.69) is 20.8 Å². The summed E-state index contributed by atoms with van der Waals surface area (Å²) >= 11 is 0. The van der Waals surface area contributed by atoms with Crippen LogP contribution in [-0.4, -0.2) is 0 Å². The van der Waals surface area contributed by atoms with Crippen molar-refractivity contribution in [2.45, 2.75) is 110 Å². The van der Waals surface area contributed by atoms with Gasteiger partial charge < -0.3 is 0 Å². The maximum atomic E-state index is 3.89. The summed E-state index contributed by atoms with van der Waals surface area (Å²) in [6.07, 6.45) is 21.4. The van der Waals surface area contributed by atoms with Crippen LogP contribution in [0, 0.1) is 12.8 Å². The Morgan fingerprint density at radius 1 is 0.526 bits per heavy atom. The average Bonchev–Trinajstić information content (AvgIpc) is 2.39. The van der Waals surface area contributed by atoms with E-state index in [1.807, 2.05) is 0 Å². The first kappa shape index (κ1) is 19.0. The predicted molar refractivity (Wildman–Crippen MR) is 89.5 cm³/mol. The van der Waals surface area contributed by atoms with E-state index in [0.29, 0.717) is 0 Å². The standard InChI is InChI=1S/C19H39/c1-4-5-6-7-8-9-10-11-12-13-14-15-16-17-18-19(2)3/h19H,1,4-18H2,2-3H3. The highest BCUT2D eigenvalue weighted by molar-refractivity contribution is 4.51. The Balaban J connectivity index is 2.91. The maximum absolute atomic E-state index is 3.89. The van der Waals surface area contributed by atoms with Crippen molar-refractivity contribution in [3.8, 4) is 0 Å². The van der Waals surface area contributed by atoms with Gasteiger partial charge in [0.25, 0.3) is 0 Å². The van der Waals surface area contributed by atoms with Crippen molar-refractivity contribution in [1.82, 2.24) is 0 Å². The summed E-state index contributed by atoms with van der Waals surface area (Å²) < 4.78 is 0. The van der Waals surface area contributed by atoms with E-state index < -0.39 is 0 Å². The van der Waals surface area contributed by atoms with Gasteiger partial charge in [0.2, 0.25) is 0 Å². The van der Waals surface area contributed by atoms with Crippen molar-refractivity contribution in [1.29, 1.82) is 0 Å². The smallest absolute Gasteiger partial charge is 0.0471 e. The summed E-state index contributed by atoms with van der Waals surface area (Å²) in [5.41, 5.74) is 0. The Bertz CT molecular complexity index is 148. The summed E-state index contributed by atoms with van der Waals surface area (Å²) in [6.45, 7) is 8.55. The Morgan fingerprint density at radius 2 is 0.842 bits per heavy atom. The topological polar surface area (TPSA) is 0 Å². The van der Waals surface area contributed by atoms with E-state index in [1.54, 1.807) is 0 Å². The highest BCUT2D eigenvalue weighted by Gasteiger charge is 1.95. The molecule has 0 bridgehead atoms. The highest BCUT2D eigenvalue weighted by atomic mass is 14.0. The lowest BCUT2D eigenvalue weighted by Gasteiger charge is -2.04. The van der Waals surface area contributed by atoms with Gasteiger partial charge in [-0.2, -0.15) is 0 Å². The van der Waals surface area contributed by atoms with E-state index in [0.717, 1.165) is 12.3 Å². The van der Waals surface area contributed by atoms with Crippen LogP contribution in [0.5, 0.6) is 0 Å². The second-order valence-corrected chi connectivity index (χ2v) is 6.63. The fourth-order valence-corrected chi connectivity index (χ4v) is 2.67. The van der Waals surface area contributed by atoms with Crippen LogP contribution in [0.25, 0.3) is 0 Å². The van der Waals surface area contributed by atoms with E-state index in [9.17, 15) is 0 Å². The second-order valence-electron chi connectivity index (χ2n) is 6.63. The molecule has 0 saturated heterocycles. The SMILES string of the molecule is [CH2]CCCCCCCCCCCCCCCC(C)C. The Labute approximate surface area is 123 Å². The highest BCUT2D eigenvalue weighted by Crippen LogP contribution is 2.14. The first-order valence-electron chi connectivity index (χ1n) is 9.06. The molecule has 0 aliphatic carbocycles. The fraction of sp³-hybridized carbons (Fsp3) is 0.947. The molecule has 0 atom stereocenters. The quantitative estimate of drug-likeness (QED) is 0.272. The van der Waals surface area contributed by atoms with Gasteiger partial charge in [0.1, 0.15) is 0 Å². The fourth-order valence-electron chi connectivity index (χ4n) is 2.67. The third-order valence-electron chi connectivity index (χ3n) is 4.03. The minimum Gasteiger partial charge on any atom is -0.0628 e. The molecule has 0 rings (SSSR count). The molecule has 1 radical (unpaired) electrons. The van der Waals surface area contributed by atoms with Gasteiger partial charge in [-0.05, 0) is 5.92 Å². The molecule has 0 aliphatic rings. The van der Waals surface area contributed by atoms with E-state index >= 15 is 0 Å². The first-order valence-corrected chi connectivity index (χ1v) is 9.06. The first-order chi connectivity index (χ1) is 9.27. The van der Waals surface area contributed by atoms with Crippen LogP contribution in [0.1, 0.15) is 110 Å². The van der Waals surface area contributed by atoms with Crippen LogP contribution in [0.4, 0.5) is 0 Å². The van der Waals surface area contributed by atoms with Crippen molar-refractivity contribution in [2.75, 3.05) is 0 Å². The van der Waals surface area contributed by atoms with Gasteiger partial charge in [-0.25, -0.2) is 0 Å². The van der Waals surface area contributed by atoms with Gasteiger partial charge in [-0.1, -0.05) is 117 Å². The van der Waals surface area contributed by atoms with Gasteiger partial charge in [0.05, 0.1) is 0 Å². The third-order valence-corrected chi connectivity index (χ3v) is 4.03. The second kappa shape index (κ2) is 16.1. The molecule has 0 nitrogen and oxygen atoms in total. The Hall–Kier alpha value is 0. The maximum Gasteiger partial charge on any atom is -0.0471 e. The molecule has 115 valence electrons. The normalized spacial score (nSPS) is 11.4. The van der Waals surface area contributed by atoms with Crippen LogP contribution in [0.15, 0.2) is 0 Å². The molecular formula is C19H39. The summed E-state index contributed by atoms with van der Waals surface area (Å²) in [7, 11) is 0. The van der Waals surface area contributed by atoms with Crippen molar-refractivity contribution in [3.05, 3.63) is 6.92 Å². The van der Waals surface area contributed by atoms with Crippen molar-refractivity contribution >= 4 is 0 Å². The summed E-state index contributed by atoms with van der Waals surface area (Å²) in [5, 5.41) is 0.